The van der Waals surface area contributed by atoms with Crippen LogP contribution in [0.1, 0.15) is 6.42 Å². The number of nitrogens with zero attached hydrogens (tertiary/aromatic N) is 1. The Labute approximate surface area is 178 Å². The Kier molecular flexibility index (Phi) is 5.27. The highest BCUT2D eigenvalue weighted by Crippen LogP contribution is 2.35. The molecule has 4 N–H and O–H groups in total. The van der Waals surface area contributed by atoms with Crippen molar-refractivity contribution >= 4 is 33.9 Å². The minimum absolute atomic E-state index is 0.203. The van der Waals surface area contributed by atoms with Crippen molar-refractivity contribution in [1.82, 2.24) is 19.7 Å². The van der Waals surface area contributed by atoms with Crippen LogP contribution < -0.4 is 4.72 Å². The predicted molar refractivity (Wildman–Crippen MR) is 124 cm³/mol. The van der Waals surface area contributed by atoms with E-state index in [1.54, 1.807) is 11.9 Å². The maximum Gasteiger partial charge on any atom is 0.138 e. The highest BCUT2D eigenvalue weighted by Gasteiger charge is 2.12. The van der Waals surface area contributed by atoms with Crippen molar-refractivity contribution < 1.29 is 5.11 Å². The van der Waals surface area contributed by atoms with Gasteiger partial charge in [-0.2, -0.15) is 0 Å². The minimum atomic E-state index is 0.203. The number of hydrogen-bond acceptors (Lipinski definition) is 4. The summed E-state index contributed by atoms with van der Waals surface area (Å²) in [7, 11) is 0. The van der Waals surface area contributed by atoms with Crippen molar-refractivity contribution in [2.75, 3.05) is 13.2 Å². The van der Waals surface area contributed by atoms with E-state index in [0.717, 1.165) is 45.7 Å². The zero-order valence-corrected chi connectivity index (χ0v) is 17.2. The number of H-pyrrole nitrogens is 2. The van der Waals surface area contributed by atoms with Crippen LogP contribution in [0.5, 0.6) is 0 Å². The lowest BCUT2D eigenvalue weighted by Crippen LogP contribution is -2.06. The molecule has 0 aliphatic carbocycles. The molecule has 30 heavy (non-hydrogen) atoms. The Hall–Kier alpha value is -3.06. The topological polar surface area (TPSA) is 76.7 Å². The molecule has 0 radical (unpaired) electrons. The van der Waals surface area contributed by atoms with Crippen LogP contribution in [0.4, 0.5) is 0 Å². The molecular weight excluding hydrogens is 392 g/mol. The van der Waals surface area contributed by atoms with Crippen molar-refractivity contribution in [3.05, 3.63) is 73.1 Å². The Morgan fingerprint density at radius 2 is 1.87 bits per heavy atom. The molecule has 5 aromatic rings. The van der Waals surface area contributed by atoms with Gasteiger partial charge in [-0.3, -0.25) is 4.72 Å². The molecule has 0 aliphatic heterocycles. The van der Waals surface area contributed by atoms with Crippen molar-refractivity contribution in [3.8, 4) is 22.4 Å². The number of aliphatic hydroxyl groups excluding tert-OH is 1. The first-order valence-electron chi connectivity index (χ1n) is 9.99. The molecule has 0 bridgehead atoms. The molecule has 6 heteroatoms. The van der Waals surface area contributed by atoms with E-state index in [2.05, 4.69) is 80.3 Å². The first-order valence-corrected chi connectivity index (χ1v) is 10.8. The quantitative estimate of drug-likeness (QED) is 0.214. The number of pyridine rings is 1. The van der Waals surface area contributed by atoms with Crippen LogP contribution in [0.15, 0.2) is 78.0 Å². The second-order valence-corrected chi connectivity index (χ2v) is 8.11. The molecule has 0 unspecified atom stereocenters. The number of rotatable bonds is 7. The van der Waals surface area contributed by atoms with Crippen molar-refractivity contribution in [2.24, 2.45) is 0 Å². The molecule has 0 fully saturated rings. The highest BCUT2D eigenvalue weighted by molar-refractivity contribution is 7.97. The first-order chi connectivity index (χ1) is 14.8. The SMILES string of the molecule is OCCCNSc1cccc(-c2cc3c(-c4cccc5[nH]ccc45)ccnc3[nH]2)c1. The molecule has 3 aromatic heterocycles. The Morgan fingerprint density at radius 1 is 0.967 bits per heavy atom. The molecular formula is C24H22N4OS. The molecule has 0 saturated heterocycles. The van der Waals surface area contributed by atoms with Crippen LogP contribution in [-0.2, 0) is 0 Å². The van der Waals surface area contributed by atoms with Crippen LogP contribution >= 0.6 is 11.9 Å². The maximum atomic E-state index is 8.92. The summed E-state index contributed by atoms with van der Waals surface area (Å²) in [5.74, 6) is 0. The number of fused-ring (bicyclic) bond motifs is 2. The number of aliphatic hydroxyl groups is 1. The van der Waals surface area contributed by atoms with Crippen LogP contribution in [0.25, 0.3) is 44.3 Å². The average Bonchev–Trinajstić information content (AvgIpc) is 3.43. The summed E-state index contributed by atoms with van der Waals surface area (Å²) in [6.07, 6.45) is 4.59. The Morgan fingerprint density at radius 3 is 2.80 bits per heavy atom. The molecule has 0 saturated carbocycles. The van der Waals surface area contributed by atoms with Gasteiger partial charge in [-0.1, -0.05) is 24.3 Å². The van der Waals surface area contributed by atoms with Gasteiger partial charge >= 0.3 is 0 Å². The fourth-order valence-electron chi connectivity index (χ4n) is 3.75. The predicted octanol–water partition coefficient (Wildman–Crippen LogP) is 5.36. The van der Waals surface area contributed by atoms with Gasteiger partial charge in [0, 0.05) is 52.4 Å². The van der Waals surface area contributed by atoms with Gasteiger partial charge in [-0.25, -0.2) is 4.98 Å². The average molecular weight is 415 g/mol. The van der Waals surface area contributed by atoms with E-state index in [1.165, 1.54) is 16.5 Å². The Balaban J connectivity index is 1.52. The van der Waals surface area contributed by atoms with Crippen molar-refractivity contribution in [2.45, 2.75) is 11.3 Å². The zero-order chi connectivity index (χ0) is 20.3. The second kappa shape index (κ2) is 8.36. The van der Waals surface area contributed by atoms with Gasteiger partial charge in [0.25, 0.3) is 0 Å². The molecule has 0 amide bonds. The maximum absolute atomic E-state index is 8.92. The lowest BCUT2D eigenvalue weighted by atomic mass is 10.00. The molecule has 5 nitrogen and oxygen atoms in total. The zero-order valence-electron chi connectivity index (χ0n) is 16.4. The van der Waals surface area contributed by atoms with E-state index in [9.17, 15) is 0 Å². The van der Waals surface area contributed by atoms with Crippen LogP contribution in [0.2, 0.25) is 0 Å². The van der Waals surface area contributed by atoms with Gasteiger partial charge in [0.05, 0.1) is 0 Å². The van der Waals surface area contributed by atoms with Crippen LogP contribution in [-0.4, -0.2) is 33.2 Å². The van der Waals surface area contributed by atoms with Gasteiger partial charge in [-0.05, 0) is 71.5 Å². The number of aromatic amines is 2. The van der Waals surface area contributed by atoms with E-state index < -0.39 is 0 Å². The minimum Gasteiger partial charge on any atom is -0.396 e. The first kappa shape index (κ1) is 18.9. The highest BCUT2D eigenvalue weighted by atomic mass is 32.2. The largest absolute Gasteiger partial charge is 0.396 e. The summed E-state index contributed by atoms with van der Waals surface area (Å²) in [6.45, 7) is 0.976. The molecule has 3 heterocycles. The van der Waals surface area contributed by atoms with E-state index in [0.29, 0.717) is 0 Å². The third-order valence-corrected chi connectivity index (χ3v) is 6.03. The Bertz CT molecular complexity index is 1310. The number of aromatic nitrogens is 3. The summed E-state index contributed by atoms with van der Waals surface area (Å²) in [4.78, 5) is 12.5. The molecule has 0 atom stereocenters. The van der Waals surface area contributed by atoms with E-state index >= 15 is 0 Å². The molecule has 150 valence electrons. The number of nitrogens with one attached hydrogen (secondary N) is 3. The lowest BCUT2D eigenvalue weighted by Gasteiger charge is -2.05. The molecule has 0 aliphatic rings. The van der Waals surface area contributed by atoms with Gasteiger partial charge in [-0.15, -0.1) is 0 Å². The summed E-state index contributed by atoms with van der Waals surface area (Å²) in [6, 6.07) is 21.1. The number of benzene rings is 2. The van der Waals surface area contributed by atoms with Gasteiger partial charge < -0.3 is 15.1 Å². The standard InChI is InChI=1S/C24H22N4OS/c29-13-3-10-27-30-17-5-1-4-16(14-17)23-15-21-19(8-12-26-24(21)28-23)18-6-2-7-22-20(18)9-11-25-22/h1-2,4-9,11-12,14-15,25,27,29H,3,10,13H2,(H,26,28). The third-order valence-electron chi connectivity index (χ3n) is 5.19. The number of hydrogen-bond donors (Lipinski definition) is 4. The fourth-order valence-corrected chi connectivity index (χ4v) is 4.50. The second-order valence-electron chi connectivity index (χ2n) is 7.15. The summed E-state index contributed by atoms with van der Waals surface area (Å²) in [5, 5.41) is 11.2. The fraction of sp³-hybridized carbons (Fsp3) is 0.125. The smallest absolute Gasteiger partial charge is 0.138 e. The lowest BCUT2D eigenvalue weighted by molar-refractivity contribution is 0.290. The van der Waals surface area contributed by atoms with E-state index in [4.69, 9.17) is 5.11 Å². The van der Waals surface area contributed by atoms with Crippen LogP contribution in [0, 0.1) is 0 Å². The van der Waals surface area contributed by atoms with E-state index in [1.807, 2.05) is 12.4 Å². The monoisotopic (exact) mass is 414 g/mol. The van der Waals surface area contributed by atoms with Crippen molar-refractivity contribution in [1.29, 1.82) is 0 Å². The van der Waals surface area contributed by atoms with Crippen LogP contribution in [0.3, 0.4) is 0 Å². The molecule has 5 rings (SSSR count). The summed E-state index contributed by atoms with van der Waals surface area (Å²) >= 11 is 1.58. The molecule has 0 spiro atoms. The normalized spacial score (nSPS) is 11.5. The van der Waals surface area contributed by atoms with E-state index in [-0.39, 0.29) is 6.61 Å². The van der Waals surface area contributed by atoms with Gasteiger partial charge in [0.15, 0.2) is 0 Å². The summed E-state index contributed by atoms with van der Waals surface area (Å²) in [5.41, 5.74) is 6.55. The van der Waals surface area contributed by atoms with Gasteiger partial charge in [0.2, 0.25) is 0 Å². The molecule has 2 aromatic carbocycles. The van der Waals surface area contributed by atoms with Gasteiger partial charge in [0.1, 0.15) is 5.65 Å². The third kappa shape index (κ3) is 3.61. The summed E-state index contributed by atoms with van der Waals surface area (Å²) < 4.78 is 3.28. The van der Waals surface area contributed by atoms with Crippen molar-refractivity contribution in [3.63, 3.8) is 0 Å².